The molecular weight excluding hydrogens is 795 g/mol. The zero-order valence-electron chi connectivity index (χ0n) is 28.1. The third-order valence-corrected chi connectivity index (χ3v) is 10.9. The Labute approximate surface area is 305 Å². The van der Waals surface area contributed by atoms with Crippen LogP contribution in [0.15, 0.2) is 24.8 Å². The highest BCUT2D eigenvalue weighted by Gasteiger charge is 2.48. The van der Waals surface area contributed by atoms with Crippen LogP contribution in [-0.4, -0.2) is 108 Å². The predicted octanol–water partition coefficient (Wildman–Crippen LogP) is -2.66. The maximum atomic E-state index is 12.5. The molecule has 1 aliphatic rings. The maximum Gasteiger partial charge on any atom is 0.274 e. The molecular formula is C25H37N7O17P3S-3. The summed E-state index contributed by atoms with van der Waals surface area (Å²) in [4.78, 5) is 93.1. The molecule has 2 aromatic rings. The van der Waals surface area contributed by atoms with Gasteiger partial charge in [0.25, 0.3) is 23.5 Å². The first-order chi connectivity index (χ1) is 24.6. The first kappa shape index (κ1) is 44.7. The maximum absolute atomic E-state index is 12.5. The van der Waals surface area contributed by atoms with Gasteiger partial charge in [-0.15, -0.1) is 0 Å². The number of allylic oxidation sites excluding steroid dienone is 1. The monoisotopic (exact) mass is 832 g/mol. The van der Waals surface area contributed by atoms with Gasteiger partial charge >= 0.3 is 0 Å². The number of nitrogens with one attached hydrogen (secondary N) is 2. The second kappa shape index (κ2) is 18.8. The lowest BCUT2D eigenvalue weighted by Crippen LogP contribution is -2.46. The quantitative estimate of drug-likeness (QED) is 0.0450. The number of nitrogens with zero attached hydrogens (tertiary/aromatic N) is 4. The highest BCUT2D eigenvalue weighted by Crippen LogP contribution is 2.56. The number of hydrogen-bond acceptors (Lipinski definition) is 21. The van der Waals surface area contributed by atoms with E-state index in [2.05, 4.69) is 43.5 Å². The number of thioether (sulfide) groups is 1. The summed E-state index contributed by atoms with van der Waals surface area (Å²) in [5.41, 5.74) is 4.10. The lowest BCUT2D eigenvalue weighted by atomic mass is 9.87. The average Bonchev–Trinajstić information content (AvgIpc) is 3.61. The Morgan fingerprint density at radius 3 is 2.47 bits per heavy atom. The Bertz CT molecular complexity index is 1790. The van der Waals surface area contributed by atoms with Gasteiger partial charge < -0.3 is 64.5 Å². The number of aliphatic hydroxyl groups excluding tert-OH is 2. The molecule has 298 valence electrons. The number of amides is 2. The first-order valence-corrected chi connectivity index (χ1v) is 20.6. The molecule has 8 unspecified atom stereocenters. The van der Waals surface area contributed by atoms with Crippen molar-refractivity contribution in [2.45, 2.75) is 57.8 Å². The fourth-order valence-corrected chi connectivity index (χ4v) is 7.83. The minimum Gasteiger partial charge on any atom is -0.756 e. The van der Waals surface area contributed by atoms with Crippen LogP contribution in [0.2, 0.25) is 0 Å². The number of fused-ring (bicyclic) bond motifs is 1. The van der Waals surface area contributed by atoms with Gasteiger partial charge in [-0.25, -0.2) is 19.3 Å². The van der Waals surface area contributed by atoms with Crippen molar-refractivity contribution in [2.75, 3.05) is 37.8 Å². The Kier molecular flexibility index (Phi) is 15.8. The van der Waals surface area contributed by atoms with Gasteiger partial charge in [-0.1, -0.05) is 31.7 Å². The van der Waals surface area contributed by atoms with Gasteiger partial charge in [-0.05, 0) is 13.0 Å². The average molecular weight is 833 g/mol. The summed E-state index contributed by atoms with van der Waals surface area (Å²) >= 11 is 0.998. The van der Waals surface area contributed by atoms with Gasteiger partial charge in [0.15, 0.2) is 17.7 Å². The number of imidazole rings is 1. The van der Waals surface area contributed by atoms with Crippen molar-refractivity contribution >= 4 is 69.1 Å². The second-order valence-corrected chi connectivity index (χ2v) is 16.9. The second-order valence-electron chi connectivity index (χ2n) is 11.7. The number of nitrogens with two attached hydrogens (primary N) is 1. The lowest BCUT2D eigenvalue weighted by molar-refractivity contribution is -0.247. The number of hydrogen-bond donors (Lipinski definition) is 6. The summed E-state index contributed by atoms with van der Waals surface area (Å²) in [5, 5.41) is 25.9. The van der Waals surface area contributed by atoms with Crippen molar-refractivity contribution in [1.82, 2.24) is 30.2 Å². The first-order valence-electron chi connectivity index (χ1n) is 15.2. The lowest BCUT2D eigenvalue weighted by Gasteiger charge is -2.35. The molecule has 2 amide bonds. The van der Waals surface area contributed by atoms with Gasteiger partial charge in [0, 0.05) is 30.7 Å². The number of phosphoric acid groups is 3. The number of phosphoric ester groups is 3. The molecule has 24 nitrogen and oxygen atoms in total. The topological polar surface area (TPSA) is 372 Å². The van der Waals surface area contributed by atoms with E-state index >= 15 is 0 Å². The number of nitrogen functional groups attached to an aromatic ring is 1. The Morgan fingerprint density at radius 1 is 1.13 bits per heavy atom. The van der Waals surface area contributed by atoms with Crippen molar-refractivity contribution in [1.29, 1.82) is 0 Å². The smallest absolute Gasteiger partial charge is 0.274 e. The van der Waals surface area contributed by atoms with E-state index in [0.29, 0.717) is 5.75 Å². The minimum absolute atomic E-state index is 0.00620. The fourth-order valence-electron chi connectivity index (χ4n) is 4.45. The van der Waals surface area contributed by atoms with Crippen LogP contribution in [0.1, 0.15) is 33.4 Å². The Hall–Kier alpha value is -2.70. The molecule has 1 saturated heterocycles. The van der Waals surface area contributed by atoms with E-state index in [1.807, 2.05) is 0 Å². The third kappa shape index (κ3) is 13.5. The van der Waals surface area contributed by atoms with Crippen molar-refractivity contribution < 1.29 is 80.5 Å². The summed E-state index contributed by atoms with van der Waals surface area (Å²) in [6, 6.07) is 0. The zero-order valence-corrected chi connectivity index (χ0v) is 31.6. The molecule has 0 aliphatic carbocycles. The van der Waals surface area contributed by atoms with Gasteiger partial charge in [-0.3, -0.25) is 32.6 Å². The van der Waals surface area contributed by atoms with E-state index in [4.69, 9.17) is 10.5 Å². The van der Waals surface area contributed by atoms with Crippen LogP contribution in [-0.2, 0) is 50.7 Å². The van der Waals surface area contributed by atoms with E-state index in [-0.39, 0.29) is 41.6 Å². The molecule has 7 N–H and O–H groups in total. The largest absolute Gasteiger partial charge is 0.756 e. The molecule has 53 heavy (non-hydrogen) atoms. The normalized spacial score (nSPS) is 23.3. The highest BCUT2D eigenvalue weighted by molar-refractivity contribution is 8.14. The number of rotatable bonds is 20. The molecule has 8 atom stereocenters. The number of carbonyl (C=O) groups is 3. The van der Waals surface area contributed by atoms with E-state index in [0.717, 1.165) is 29.0 Å². The summed E-state index contributed by atoms with van der Waals surface area (Å²) in [5.74, 6) is -1.22. The molecule has 3 rings (SSSR count). The number of carbonyl (C=O) groups excluding carboxylic acids is 3. The summed E-state index contributed by atoms with van der Waals surface area (Å²) in [7, 11) is -17.3. The van der Waals surface area contributed by atoms with Crippen LogP contribution in [0.4, 0.5) is 5.82 Å². The molecule has 0 saturated carbocycles. The number of aromatic nitrogens is 4. The van der Waals surface area contributed by atoms with Crippen molar-refractivity contribution in [3.05, 3.63) is 24.8 Å². The van der Waals surface area contributed by atoms with E-state index in [1.54, 1.807) is 13.0 Å². The van der Waals surface area contributed by atoms with Gasteiger partial charge in [-0.2, -0.15) is 0 Å². The molecule has 0 aromatic carbocycles. The molecule has 0 bridgehead atoms. The Balaban J connectivity index is 1.52. The van der Waals surface area contributed by atoms with Crippen LogP contribution in [0.5, 0.6) is 0 Å². The highest BCUT2D eigenvalue weighted by atomic mass is 32.2. The van der Waals surface area contributed by atoms with Crippen molar-refractivity contribution in [2.24, 2.45) is 5.41 Å². The standard InChI is InChI=1S/C25H40N7O17P3S/c1-4-5-16(34)53-9-8-27-15(33)6-7-28-23(37)20(36)25(2,3)11-46-52(43,44)49-51(41,42)45-10-14-19(48-50(38,39)40)18(35)24(47-14)32-13-31-17-21(26)29-12-30-22(17)32/h4-5,12-14,18-20,24,35-36H,6-11H2,1-3H3,(H,27,33)(H,28,37)(H,41,42)(H,43,44)(H2,26,29,30)(H2,38,39,40)/p-3. The SMILES string of the molecule is CC=CC(=O)SCCNC(=O)CCNC(=O)C(O)C(C)(C)COP(=O)([O-])OP(=O)([O-])OCC1OC(n2cnc3c(N)ncnc32)C(O)C1OP(=O)([O-])O. The Morgan fingerprint density at radius 2 is 1.81 bits per heavy atom. The van der Waals surface area contributed by atoms with Gasteiger partial charge in [0.05, 0.1) is 19.5 Å². The van der Waals surface area contributed by atoms with E-state index in [1.165, 1.54) is 19.9 Å². The zero-order chi connectivity index (χ0) is 39.8. The minimum atomic E-state index is -5.89. The van der Waals surface area contributed by atoms with Crippen molar-refractivity contribution in [3.8, 4) is 0 Å². The van der Waals surface area contributed by atoms with Crippen LogP contribution in [0, 0.1) is 5.41 Å². The van der Waals surface area contributed by atoms with Gasteiger partial charge in [0.1, 0.15) is 36.3 Å². The summed E-state index contributed by atoms with van der Waals surface area (Å²) in [6.07, 6.45) is -4.42. The number of anilines is 1. The summed E-state index contributed by atoms with van der Waals surface area (Å²) in [6.45, 7) is 1.82. The number of aliphatic hydroxyl groups is 2. The van der Waals surface area contributed by atoms with E-state index in [9.17, 15) is 57.9 Å². The summed E-state index contributed by atoms with van der Waals surface area (Å²) < 4.78 is 60.6. The van der Waals surface area contributed by atoms with Crippen LogP contribution in [0.3, 0.4) is 0 Å². The molecule has 0 radical (unpaired) electrons. The molecule has 0 spiro atoms. The number of ether oxygens (including phenoxy) is 1. The van der Waals surface area contributed by atoms with Crippen LogP contribution < -0.4 is 31.0 Å². The fraction of sp³-hybridized carbons (Fsp3) is 0.600. The van der Waals surface area contributed by atoms with Crippen molar-refractivity contribution in [3.63, 3.8) is 0 Å². The van der Waals surface area contributed by atoms with Gasteiger partial charge in [0.2, 0.25) is 16.9 Å². The van der Waals surface area contributed by atoms with Crippen LogP contribution >= 0.6 is 35.2 Å². The third-order valence-electron chi connectivity index (χ3n) is 7.03. The van der Waals surface area contributed by atoms with Crippen LogP contribution in [0.25, 0.3) is 11.2 Å². The van der Waals surface area contributed by atoms with E-state index < -0.39 is 84.6 Å². The molecule has 3 heterocycles. The predicted molar refractivity (Wildman–Crippen MR) is 175 cm³/mol. The molecule has 28 heteroatoms. The molecule has 2 aromatic heterocycles. The molecule has 1 fully saturated rings. The molecule has 1 aliphatic heterocycles.